The molecule has 1 heteroatoms. The van der Waals surface area contributed by atoms with Gasteiger partial charge >= 0.3 is 0 Å². The van der Waals surface area contributed by atoms with E-state index in [1.54, 1.807) is 5.70 Å². The van der Waals surface area contributed by atoms with Gasteiger partial charge in [-0.1, -0.05) is 13.0 Å². The lowest BCUT2D eigenvalue weighted by molar-refractivity contribution is 0.393. The van der Waals surface area contributed by atoms with Crippen molar-refractivity contribution >= 4 is 0 Å². The zero-order valence-corrected chi connectivity index (χ0v) is 7.14. The van der Waals surface area contributed by atoms with Gasteiger partial charge in [-0.15, -0.1) is 0 Å². The largest absolute Gasteiger partial charge is 0.374 e. The van der Waals surface area contributed by atoms with Gasteiger partial charge in [0.1, 0.15) is 0 Å². The van der Waals surface area contributed by atoms with Gasteiger partial charge in [0.25, 0.3) is 0 Å². The van der Waals surface area contributed by atoms with Crippen LogP contribution in [0, 0.1) is 11.3 Å². The normalized spacial score (nSPS) is 37.7. The first kappa shape index (κ1) is 6.10. The fraction of sp³-hybridized carbons (Fsp3) is 0.800. The third kappa shape index (κ3) is 0.582. The summed E-state index contributed by atoms with van der Waals surface area (Å²) < 4.78 is 0. The second kappa shape index (κ2) is 1.65. The maximum absolute atomic E-state index is 2.61. The van der Waals surface area contributed by atoms with Gasteiger partial charge in [0.05, 0.1) is 0 Å². The Kier molecular flexibility index (Phi) is 0.915. The van der Waals surface area contributed by atoms with E-state index in [9.17, 15) is 0 Å². The molecule has 0 aromatic rings. The van der Waals surface area contributed by atoms with Gasteiger partial charge in [-0.05, 0) is 25.2 Å². The predicted octanol–water partition coefficient (Wildman–Crippen LogP) is 2.01. The molecule has 3 aliphatic rings. The highest BCUT2D eigenvalue weighted by molar-refractivity contribution is 5.30. The van der Waals surface area contributed by atoms with E-state index in [4.69, 9.17) is 0 Å². The van der Waals surface area contributed by atoms with Crippen LogP contribution in [0.5, 0.6) is 0 Å². The molecule has 11 heavy (non-hydrogen) atoms. The molecule has 1 aliphatic carbocycles. The highest BCUT2D eigenvalue weighted by atomic mass is 15.2. The highest BCUT2D eigenvalue weighted by Gasteiger charge is 2.57. The zero-order valence-electron chi connectivity index (χ0n) is 7.14. The van der Waals surface area contributed by atoms with Crippen LogP contribution in [-0.2, 0) is 0 Å². The fourth-order valence-corrected chi connectivity index (χ4v) is 2.96. The average Bonchev–Trinajstić information content (AvgIpc) is 2.61. The molecule has 1 nitrogen and oxygen atoms in total. The SMILES string of the molecule is CC1CN2CCC=C2C12CC2. The highest BCUT2D eigenvalue weighted by Crippen LogP contribution is 2.63. The quantitative estimate of drug-likeness (QED) is 0.509. The predicted molar refractivity (Wildman–Crippen MR) is 45.1 cm³/mol. The summed E-state index contributed by atoms with van der Waals surface area (Å²) in [7, 11) is 0. The monoisotopic (exact) mass is 149 g/mol. The molecule has 60 valence electrons. The van der Waals surface area contributed by atoms with Crippen molar-refractivity contribution in [1.82, 2.24) is 4.90 Å². The van der Waals surface area contributed by atoms with Crippen LogP contribution in [0.1, 0.15) is 26.2 Å². The first-order valence-electron chi connectivity index (χ1n) is 4.78. The van der Waals surface area contributed by atoms with Gasteiger partial charge in [0.2, 0.25) is 0 Å². The van der Waals surface area contributed by atoms with E-state index in [2.05, 4.69) is 17.9 Å². The van der Waals surface area contributed by atoms with Crippen molar-refractivity contribution in [3.05, 3.63) is 11.8 Å². The molecule has 1 spiro atoms. The molecule has 0 aromatic heterocycles. The molecule has 1 saturated heterocycles. The average molecular weight is 149 g/mol. The maximum Gasteiger partial charge on any atom is 0.0210 e. The summed E-state index contributed by atoms with van der Waals surface area (Å²) in [6, 6.07) is 0. The van der Waals surface area contributed by atoms with E-state index >= 15 is 0 Å². The molecule has 2 fully saturated rings. The van der Waals surface area contributed by atoms with E-state index in [1.165, 1.54) is 32.4 Å². The molecule has 2 aliphatic heterocycles. The Morgan fingerprint density at radius 1 is 1.55 bits per heavy atom. The smallest absolute Gasteiger partial charge is 0.0210 e. The van der Waals surface area contributed by atoms with Crippen molar-refractivity contribution in [2.24, 2.45) is 11.3 Å². The summed E-state index contributed by atoms with van der Waals surface area (Å²) in [4.78, 5) is 2.61. The first-order chi connectivity index (χ1) is 5.33. The van der Waals surface area contributed by atoms with E-state index in [-0.39, 0.29) is 0 Å². The second-order valence-electron chi connectivity index (χ2n) is 4.38. The molecule has 0 amide bonds. The third-order valence-corrected chi connectivity index (χ3v) is 3.81. The molecule has 0 aromatic carbocycles. The number of hydrogen-bond acceptors (Lipinski definition) is 1. The van der Waals surface area contributed by atoms with Crippen LogP contribution in [0.4, 0.5) is 0 Å². The topological polar surface area (TPSA) is 3.24 Å². The van der Waals surface area contributed by atoms with Gasteiger partial charge in [0.15, 0.2) is 0 Å². The summed E-state index contributed by atoms with van der Waals surface area (Å²) in [5.41, 5.74) is 2.40. The standard InChI is InChI=1S/C10H15N/c1-8-7-11-6-2-3-9(11)10(8)4-5-10/h3,8H,2,4-7H2,1H3. The summed E-state index contributed by atoms with van der Waals surface area (Å²) in [6.07, 6.45) is 6.73. The minimum atomic E-state index is 0.691. The van der Waals surface area contributed by atoms with Crippen molar-refractivity contribution in [3.63, 3.8) is 0 Å². The Morgan fingerprint density at radius 2 is 2.36 bits per heavy atom. The van der Waals surface area contributed by atoms with Crippen molar-refractivity contribution < 1.29 is 0 Å². The Morgan fingerprint density at radius 3 is 3.09 bits per heavy atom. The van der Waals surface area contributed by atoms with Crippen molar-refractivity contribution in [3.8, 4) is 0 Å². The van der Waals surface area contributed by atoms with Crippen molar-refractivity contribution in [2.75, 3.05) is 13.1 Å². The van der Waals surface area contributed by atoms with Gasteiger partial charge in [0, 0.05) is 24.2 Å². The zero-order chi connectivity index (χ0) is 7.47. The first-order valence-corrected chi connectivity index (χ1v) is 4.78. The van der Waals surface area contributed by atoms with Gasteiger partial charge in [-0.2, -0.15) is 0 Å². The van der Waals surface area contributed by atoms with Crippen LogP contribution in [0.2, 0.25) is 0 Å². The molecular formula is C10H15N. The van der Waals surface area contributed by atoms with E-state index in [1.807, 2.05) is 0 Å². The molecular weight excluding hydrogens is 134 g/mol. The lowest BCUT2D eigenvalue weighted by Gasteiger charge is -2.14. The van der Waals surface area contributed by atoms with Crippen LogP contribution >= 0.6 is 0 Å². The molecule has 1 saturated carbocycles. The third-order valence-electron chi connectivity index (χ3n) is 3.81. The lowest BCUT2D eigenvalue weighted by atomic mass is 9.92. The Labute approximate surface area is 68.1 Å². The number of hydrogen-bond donors (Lipinski definition) is 0. The van der Waals surface area contributed by atoms with E-state index in [0.29, 0.717) is 5.41 Å². The maximum atomic E-state index is 2.61. The Bertz CT molecular complexity index is 225. The number of allylic oxidation sites excluding steroid dienone is 1. The molecule has 1 unspecified atom stereocenters. The minimum absolute atomic E-state index is 0.691. The van der Waals surface area contributed by atoms with Crippen LogP contribution in [0.15, 0.2) is 11.8 Å². The lowest BCUT2D eigenvalue weighted by Crippen LogP contribution is -2.15. The number of rotatable bonds is 0. The molecule has 0 N–H and O–H groups in total. The summed E-state index contributed by atoms with van der Waals surface area (Å²) in [5, 5.41) is 0. The minimum Gasteiger partial charge on any atom is -0.374 e. The molecule has 3 rings (SSSR count). The number of nitrogens with zero attached hydrogens (tertiary/aromatic N) is 1. The summed E-state index contributed by atoms with van der Waals surface area (Å²) >= 11 is 0. The van der Waals surface area contributed by atoms with E-state index in [0.717, 1.165) is 5.92 Å². The molecule has 0 bridgehead atoms. The van der Waals surface area contributed by atoms with Crippen molar-refractivity contribution in [1.29, 1.82) is 0 Å². The van der Waals surface area contributed by atoms with Crippen LogP contribution in [-0.4, -0.2) is 18.0 Å². The van der Waals surface area contributed by atoms with Crippen molar-refractivity contribution in [2.45, 2.75) is 26.2 Å². The summed E-state index contributed by atoms with van der Waals surface area (Å²) in [6.45, 7) is 5.07. The van der Waals surface area contributed by atoms with Crippen LogP contribution in [0.25, 0.3) is 0 Å². The molecule has 1 atom stereocenters. The van der Waals surface area contributed by atoms with E-state index < -0.39 is 0 Å². The van der Waals surface area contributed by atoms with Gasteiger partial charge in [-0.3, -0.25) is 0 Å². The fourth-order valence-electron chi connectivity index (χ4n) is 2.96. The molecule has 2 heterocycles. The Hall–Kier alpha value is -0.460. The van der Waals surface area contributed by atoms with Gasteiger partial charge in [-0.25, -0.2) is 0 Å². The van der Waals surface area contributed by atoms with Crippen LogP contribution < -0.4 is 0 Å². The second-order valence-corrected chi connectivity index (χ2v) is 4.38. The molecule has 0 radical (unpaired) electrons. The number of fused-ring (bicyclic) bond motifs is 2. The Balaban J connectivity index is 2.03. The van der Waals surface area contributed by atoms with Crippen LogP contribution in [0.3, 0.4) is 0 Å². The summed E-state index contributed by atoms with van der Waals surface area (Å²) in [5.74, 6) is 0.939. The van der Waals surface area contributed by atoms with Gasteiger partial charge < -0.3 is 4.90 Å².